The SMILES string of the molecule is O=C(O)c1ccc2c(N3CCC[C@H]3COC3CCCCN3)nc(Cl)nn12. The number of hydrogen-bond donors (Lipinski definition) is 2. The highest BCUT2D eigenvalue weighted by molar-refractivity contribution is 6.28. The molecule has 26 heavy (non-hydrogen) atoms. The van der Waals surface area contributed by atoms with Crippen molar-refractivity contribution in [3.05, 3.63) is 23.1 Å². The normalized spacial score (nSPS) is 23.7. The molecule has 9 heteroatoms. The molecule has 2 fully saturated rings. The monoisotopic (exact) mass is 379 g/mol. The Morgan fingerprint density at radius 1 is 1.35 bits per heavy atom. The highest BCUT2D eigenvalue weighted by Gasteiger charge is 2.30. The number of rotatable bonds is 5. The molecule has 0 bridgehead atoms. The van der Waals surface area contributed by atoms with Crippen LogP contribution in [-0.4, -0.2) is 57.6 Å². The smallest absolute Gasteiger partial charge is 0.354 e. The van der Waals surface area contributed by atoms with Crippen LogP contribution in [0.25, 0.3) is 5.52 Å². The van der Waals surface area contributed by atoms with Gasteiger partial charge in [0.25, 0.3) is 0 Å². The number of nitrogens with zero attached hydrogens (tertiary/aromatic N) is 4. The Morgan fingerprint density at radius 3 is 3.00 bits per heavy atom. The van der Waals surface area contributed by atoms with Crippen LogP contribution in [0.15, 0.2) is 12.1 Å². The third-order valence-corrected chi connectivity index (χ3v) is 5.25. The molecular formula is C17H22ClN5O3. The summed E-state index contributed by atoms with van der Waals surface area (Å²) in [4.78, 5) is 18.0. The first-order chi connectivity index (χ1) is 12.6. The summed E-state index contributed by atoms with van der Waals surface area (Å²) in [6, 6.07) is 3.45. The van der Waals surface area contributed by atoms with Crippen molar-refractivity contribution in [2.75, 3.05) is 24.6 Å². The average Bonchev–Trinajstić information content (AvgIpc) is 3.26. The lowest BCUT2D eigenvalue weighted by atomic mass is 10.1. The molecule has 0 aliphatic carbocycles. The van der Waals surface area contributed by atoms with E-state index in [9.17, 15) is 9.90 Å². The lowest BCUT2D eigenvalue weighted by molar-refractivity contribution is 0.00598. The van der Waals surface area contributed by atoms with Crippen LogP contribution >= 0.6 is 11.6 Å². The summed E-state index contributed by atoms with van der Waals surface area (Å²) in [6.07, 6.45) is 5.59. The van der Waals surface area contributed by atoms with Crippen LogP contribution in [0.1, 0.15) is 42.6 Å². The summed E-state index contributed by atoms with van der Waals surface area (Å²) in [7, 11) is 0. The van der Waals surface area contributed by atoms with Gasteiger partial charge in [0.2, 0.25) is 5.28 Å². The van der Waals surface area contributed by atoms with E-state index in [1.807, 2.05) is 0 Å². The molecule has 4 heterocycles. The van der Waals surface area contributed by atoms with Crippen LogP contribution in [-0.2, 0) is 4.74 Å². The predicted octanol–water partition coefficient (Wildman–Crippen LogP) is 2.17. The Morgan fingerprint density at radius 2 is 2.23 bits per heavy atom. The van der Waals surface area contributed by atoms with Gasteiger partial charge in [0.15, 0.2) is 11.5 Å². The lowest BCUT2D eigenvalue weighted by Gasteiger charge is -2.29. The number of carbonyl (C=O) groups is 1. The van der Waals surface area contributed by atoms with Crippen molar-refractivity contribution in [3.8, 4) is 0 Å². The van der Waals surface area contributed by atoms with E-state index in [1.165, 1.54) is 23.4 Å². The Hall–Kier alpha value is -1.90. The molecule has 2 aromatic heterocycles. The molecule has 2 aliphatic rings. The number of anilines is 1. The zero-order chi connectivity index (χ0) is 18.1. The highest BCUT2D eigenvalue weighted by atomic mass is 35.5. The molecule has 0 radical (unpaired) electrons. The number of carboxylic acids is 1. The summed E-state index contributed by atoms with van der Waals surface area (Å²) >= 11 is 6.08. The van der Waals surface area contributed by atoms with Crippen molar-refractivity contribution < 1.29 is 14.6 Å². The number of halogens is 1. The zero-order valence-corrected chi connectivity index (χ0v) is 15.2. The molecule has 2 atom stereocenters. The van der Waals surface area contributed by atoms with Gasteiger partial charge < -0.3 is 14.7 Å². The fraction of sp³-hybridized carbons (Fsp3) is 0.588. The van der Waals surface area contributed by atoms with Gasteiger partial charge in [-0.3, -0.25) is 5.32 Å². The van der Waals surface area contributed by atoms with E-state index in [1.54, 1.807) is 6.07 Å². The molecule has 2 aromatic rings. The van der Waals surface area contributed by atoms with E-state index < -0.39 is 5.97 Å². The Balaban J connectivity index is 1.58. The lowest BCUT2D eigenvalue weighted by Crippen LogP contribution is -2.41. The van der Waals surface area contributed by atoms with E-state index in [4.69, 9.17) is 16.3 Å². The van der Waals surface area contributed by atoms with Crippen molar-refractivity contribution in [2.45, 2.75) is 44.4 Å². The van der Waals surface area contributed by atoms with Gasteiger partial charge in [-0.2, -0.15) is 4.98 Å². The molecule has 2 N–H and O–H groups in total. The molecule has 2 saturated heterocycles. The number of aromatic carboxylic acids is 1. The van der Waals surface area contributed by atoms with Gasteiger partial charge in [-0.1, -0.05) is 0 Å². The van der Waals surface area contributed by atoms with Crippen molar-refractivity contribution >= 4 is 28.9 Å². The molecule has 140 valence electrons. The number of nitrogens with one attached hydrogen (secondary N) is 1. The second-order valence-corrected chi connectivity index (χ2v) is 7.12. The Kier molecular flexibility index (Phi) is 4.97. The Bertz CT molecular complexity index is 805. The van der Waals surface area contributed by atoms with Crippen LogP contribution in [0.5, 0.6) is 0 Å². The minimum absolute atomic E-state index is 0.0340. The van der Waals surface area contributed by atoms with Gasteiger partial charge in [-0.25, -0.2) is 9.31 Å². The third-order valence-electron chi connectivity index (χ3n) is 5.09. The minimum atomic E-state index is -1.05. The number of hydrogen-bond acceptors (Lipinski definition) is 6. The van der Waals surface area contributed by atoms with Gasteiger partial charge in [-0.15, -0.1) is 5.10 Å². The van der Waals surface area contributed by atoms with Crippen LogP contribution in [0.2, 0.25) is 5.28 Å². The summed E-state index contributed by atoms with van der Waals surface area (Å²) in [5.74, 6) is -0.379. The predicted molar refractivity (Wildman–Crippen MR) is 96.9 cm³/mol. The van der Waals surface area contributed by atoms with E-state index in [0.717, 1.165) is 32.4 Å². The van der Waals surface area contributed by atoms with E-state index >= 15 is 0 Å². The minimum Gasteiger partial charge on any atom is -0.477 e. The molecule has 2 aliphatic heterocycles. The Labute approximate surface area is 156 Å². The highest BCUT2D eigenvalue weighted by Crippen LogP contribution is 2.30. The number of piperidine rings is 1. The summed E-state index contributed by atoms with van der Waals surface area (Å²) in [5.41, 5.74) is 0.721. The average molecular weight is 380 g/mol. The van der Waals surface area contributed by atoms with E-state index in [2.05, 4.69) is 20.3 Å². The maximum atomic E-state index is 11.4. The van der Waals surface area contributed by atoms with Crippen LogP contribution < -0.4 is 10.2 Å². The standard InChI is InChI=1S/C17H22ClN5O3/c18-17-20-15(12-6-7-13(16(24)25)23(12)21-17)22-9-3-4-11(22)10-26-14-5-1-2-8-19-14/h6-7,11,14,19H,1-5,8-10H2,(H,24,25)/t11-,14?/m0/s1. The largest absolute Gasteiger partial charge is 0.477 e. The van der Waals surface area contributed by atoms with Crippen LogP contribution in [0, 0.1) is 0 Å². The first kappa shape index (κ1) is 17.5. The van der Waals surface area contributed by atoms with E-state index in [0.29, 0.717) is 17.9 Å². The van der Waals surface area contributed by atoms with Gasteiger partial charge >= 0.3 is 5.97 Å². The fourth-order valence-corrected chi connectivity index (χ4v) is 3.96. The maximum absolute atomic E-state index is 11.4. The van der Waals surface area contributed by atoms with Crippen LogP contribution in [0.3, 0.4) is 0 Å². The van der Waals surface area contributed by atoms with Gasteiger partial charge in [-0.05, 0) is 62.4 Å². The second kappa shape index (κ2) is 7.38. The maximum Gasteiger partial charge on any atom is 0.354 e. The summed E-state index contributed by atoms with van der Waals surface area (Å²) < 4.78 is 7.43. The first-order valence-corrected chi connectivity index (χ1v) is 9.41. The molecule has 8 nitrogen and oxygen atoms in total. The van der Waals surface area contributed by atoms with Gasteiger partial charge in [0.1, 0.15) is 11.7 Å². The van der Waals surface area contributed by atoms with Crippen molar-refractivity contribution in [2.24, 2.45) is 0 Å². The van der Waals surface area contributed by atoms with Crippen molar-refractivity contribution in [1.29, 1.82) is 0 Å². The summed E-state index contributed by atoms with van der Waals surface area (Å²) in [6.45, 7) is 2.45. The first-order valence-electron chi connectivity index (χ1n) is 9.03. The van der Waals surface area contributed by atoms with E-state index in [-0.39, 0.29) is 23.2 Å². The molecule has 0 saturated carbocycles. The fourth-order valence-electron chi connectivity index (χ4n) is 3.81. The van der Waals surface area contributed by atoms with Gasteiger partial charge in [0.05, 0.1) is 12.6 Å². The number of carboxylic acid groups (broad SMARTS) is 1. The quantitative estimate of drug-likeness (QED) is 0.822. The third kappa shape index (κ3) is 3.36. The van der Waals surface area contributed by atoms with Crippen molar-refractivity contribution in [1.82, 2.24) is 19.9 Å². The summed E-state index contributed by atoms with van der Waals surface area (Å²) in [5, 5.41) is 16.8. The number of ether oxygens (including phenoxy) is 1. The topological polar surface area (TPSA) is 92.0 Å². The molecule has 0 spiro atoms. The van der Waals surface area contributed by atoms with Crippen molar-refractivity contribution in [3.63, 3.8) is 0 Å². The molecule has 4 rings (SSSR count). The number of aromatic nitrogens is 3. The molecule has 0 amide bonds. The zero-order valence-electron chi connectivity index (χ0n) is 14.4. The molecule has 1 unspecified atom stereocenters. The van der Waals surface area contributed by atoms with Gasteiger partial charge in [0, 0.05) is 6.54 Å². The molecular weight excluding hydrogens is 358 g/mol. The second-order valence-electron chi connectivity index (χ2n) is 6.79. The van der Waals surface area contributed by atoms with Crippen LogP contribution in [0.4, 0.5) is 5.82 Å². The molecule has 0 aromatic carbocycles. The number of fused-ring (bicyclic) bond motifs is 1.